The molecular formula is C14H26N2O2. The van der Waals surface area contributed by atoms with Crippen molar-refractivity contribution in [2.75, 3.05) is 32.8 Å². The summed E-state index contributed by atoms with van der Waals surface area (Å²) in [6.07, 6.45) is 5.87. The molecule has 18 heavy (non-hydrogen) atoms. The summed E-state index contributed by atoms with van der Waals surface area (Å²) in [4.78, 5) is 13.8. The Morgan fingerprint density at radius 1 is 1.28 bits per heavy atom. The van der Waals surface area contributed by atoms with Crippen LogP contribution in [0.5, 0.6) is 0 Å². The average molecular weight is 254 g/mol. The highest BCUT2D eigenvalue weighted by Crippen LogP contribution is 2.28. The second kappa shape index (κ2) is 6.98. The van der Waals surface area contributed by atoms with Crippen molar-refractivity contribution >= 4 is 6.03 Å². The summed E-state index contributed by atoms with van der Waals surface area (Å²) in [7, 11) is 0. The second-order valence-electron chi connectivity index (χ2n) is 5.77. The topological polar surface area (TPSA) is 41.6 Å². The lowest BCUT2D eigenvalue weighted by Gasteiger charge is -2.30. The highest BCUT2D eigenvalue weighted by atomic mass is 16.5. The Morgan fingerprint density at radius 2 is 2.00 bits per heavy atom. The molecule has 0 spiro atoms. The molecule has 2 aliphatic rings. The van der Waals surface area contributed by atoms with Gasteiger partial charge < -0.3 is 15.0 Å². The fourth-order valence-corrected chi connectivity index (χ4v) is 2.23. The molecule has 0 aromatic heterocycles. The second-order valence-corrected chi connectivity index (χ2v) is 5.77. The third-order valence-electron chi connectivity index (χ3n) is 3.86. The minimum absolute atomic E-state index is 0.101. The van der Waals surface area contributed by atoms with Crippen molar-refractivity contribution in [1.82, 2.24) is 10.2 Å². The normalized spacial score (nSPS) is 21.1. The molecular weight excluding hydrogens is 228 g/mol. The first-order chi connectivity index (χ1) is 8.75. The maximum absolute atomic E-state index is 11.8. The number of ether oxygens (including phenoxy) is 1. The molecule has 1 saturated carbocycles. The van der Waals surface area contributed by atoms with E-state index in [1.54, 1.807) is 0 Å². The van der Waals surface area contributed by atoms with Crippen molar-refractivity contribution in [3.8, 4) is 0 Å². The maximum atomic E-state index is 11.8. The van der Waals surface area contributed by atoms with Gasteiger partial charge in [0.25, 0.3) is 0 Å². The van der Waals surface area contributed by atoms with Gasteiger partial charge in [0.15, 0.2) is 0 Å². The standard InChI is InChI=1S/C14H26N2O2/c1-12-5-8-16(9-6-12)14(17)15-7-2-10-18-11-13-3-4-13/h12-13H,2-11H2,1H3,(H,15,17). The van der Waals surface area contributed by atoms with Crippen LogP contribution in [0, 0.1) is 11.8 Å². The zero-order valence-corrected chi connectivity index (χ0v) is 11.5. The third kappa shape index (κ3) is 4.84. The zero-order chi connectivity index (χ0) is 12.8. The highest BCUT2D eigenvalue weighted by molar-refractivity contribution is 5.74. The number of hydrogen-bond donors (Lipinski definition) is 1. The molecule has 2 rings (SSSR count). The molecule has 1 saturated heterocycles. The van der Waals surface area contributed by atoms with Crippen molar-refractivity contribution < 1.29 is 9.53 Å². The molecule has 1 aliphatic heterocycles. The van der Waals surface area contributed by atoms with Crippen LogP contribution < -0.4 is 5.32 Å². The van der Waals surface area contributed by atoms with Gasteiger partial charge in [0.05, 0.1) is 0 Å². The van der Waals surface area contributed by atoms with Gasteiger partial charge in [-0.1, -0.05) is 6.92 Å². The number of rotatable bonds is 6. The van der Waals surface area contributed by atoms with Crippen LogP contribution in [0.3, 0.4) is 0 Å². The molecule has 0 atom stereocenters. The fraction of sp³-hybridized carbons (Fsp3) is 0.929. The van der Waals surface area contributed by atoms with Gasteiger partial charge in [0.1, 0.15) is 0 Å². The number of nitrogens with zero attached hydrogens (tertiary/aromatic N) is 1. The van der Waals surface area contributed by atoms with E-state index in [1.807, 2.05) is 4.90 Å². The van der Waals surface area contributed by atoms with Crippen molar-refractivity contribution in [1.29, 1.82) is 0 Å². The van der Waals surface area contributed by atoms with Gasteiger partial charge >= 0.3 is 6.03 Å². The maximum Gasteiger partial charge on any atom is 0.317 e. The molecule has 4 nitrogen and oxygen atoms in total. The van der Waals surface area contributed by atoms with Crippen molar-refractivity contribution in [2.24, 2.45) is 11.8 Å². The Labute approximate surface area is 110 Å². The van der Waals surface area contributed by atoms with E-state index in [0.29, 0.717) is 0 Å². The van der Waals surface area contributed by atoms with Crippen LogP contribution >= 0.6 is 0 Å². The summed E-state index contributed by atoms with van der Waals surface area (Å²) in [6.45, 7) is 6.49. The molecule has 104 valence electrons. The minimum Gasteiger partial charge on any atom is -0.381 e. The number of carbonyl (C=O) groups excluding carboxylic acids is 1. The summed E-state index contributed by atoms with van der Waals surface area (Å²) in [5.74, 6) is 1.60. The van der Waals surface area contributed by atoms with E-state index in [-0.39, 0.29) is 6.03 Å². The fourth-order valence-electron chi connectivity index (χ4n) is 2.23. The van der Waals surface area contributed by atoms with Gasteiger partial charge in [-0.15, -0.1) is 0 Å². The Hall–Kier alpha value is -0.770. The number of urea groups is 1. The van der Waals surface area contributed by atoms with Crippen LogP contribution in [0.15, 0.2) is 0 Å². The lowest BCUT2D eigenvalue weighted by Crippen LogP contribution is -2.44. The largest absolute Gasteiger partial charge is 0.381 e. The average Bonchev–Trinajstić information content (AvgIpc) is 3.18. The van der Waals surface area contributed by atoms with Gasteiger partial charge in [-0.05, 0) is 43.9 Å². The van der Waals surface area contributed by atoms with Crippen molar-refractivity contribution in [2.45, 2.75) is 39.0 Å². The Balaban J connectivity index is 1.46. The summed E-state index contributed by atoms with van der Waals surface area (Å²) in [5.41, 5.74) is 0. The molecule has 0 unspecified atom stereocenters. The Morgan fingerprint density at radius 3 is 2.67 bits per heavy atom. The van der Waals surface area contributed by atoms with E-state index in [1.165, 1.54) is 12.8 Å². The summed E-state index contributed by atoms with van der Waals surface area (Å²) in [6, 6.07) is 0.101. The monoisotopic (exact) mass is 254 g/mol. The predicted octanol–water partition coefficient (Wildman–Crippen LogP) is 2.24. The van der Waals surface area contributed by atoms with Crippen molar-refractivity contribution in [3.63, 3.8) is 0 Å². The van der Waals surface area contributed by atoms with Crippen LogP contribution in [-0.2, 0) is 4.74 Å². The number of hydrogen-bond acceptors (Lipinski definition) is 2. The molecule has 1 aliphatic carbocycles. The van der Waals surface area contributed by atoms with Gasteiger partial charge in [-0.25, -0.2) is 4.79 Å². The summed E-state index contributed by atoms with van der Waals surface area (Å²) >= 11 is 0. The van der Waals surface area contributed by atoms with Crippen LogP contribution in [0.25, 0.3) is 0 Å². The number of carbonyl (C=O) groups is 1. The summed E-state index contributed by atoms with van der Waals surface area (Å²) in [5, 5.41) is 2.98. The lowest BCUT2D eigenvalue weighted by molar-refractivity contribution is 0.121. The molecule has 1 N–H and O–H groups in total. The number of nitrogens with one attached hydrogen (secondary N) is 1. The molecule has 4 heteroatoms. The highest BCUT2D eigenvalue weighted by Gasteiger charge is 2.21. The van der Waals surface area contributed by atoms with Gasteiger partial charge in [-0.3, -0.25) is 0 Å². The summed E-state index contributed by atoms with van der Waals surface area (Å²) < 4.78 is 5.53. The smallest absolute Gasteiger partial charge is 0.317 e. The molecule has 2 fully saturated rings. The first-order valence-corrected chi connectivity index (χ1v) is 7.36. The van der Waals surface area contributed by atoms with Gasteiger partial charge in [0.2, 0.25) is 0 Å². The Bertz CT molecular complexity index is 259. The zero-order valence-electron chi connectivity index (χ0n) is 11.5. The van der Waals surface area contributed by atoms with Crippen LogP contribution in [-0.4, -0.2) is 43.8 Å². The van der Waals surface area contributed by atoms with Crippen LogP contribution in [0.2, 0.25) is 0 Å². The quantitative estimate of drug-likeness (QED) is 0.739. The van der Waals surface area contributed by atoms with Crippen molar-refractivity contribution in [3.05, 3.63) is 0 Å². The molecule has 0 radical (unpaired) electrons. The van der Waals surface area contributed by atoms with Crippen LogP contribution in [0.1, 0.15) is 39.0 Å². The van der Waals surface area contributed by atoms with Crippen LogP contribution in [0.4, 0.5) is 4.79 Å². The SMILES string of the molecule is CC1CCN(C(=O)NCCCOCC2CC2)CC1. The first kappa shape index (κ1) is 13.7. The number of piperidine rings is 1. The van der Waals surface area contributed by atoms with E-state index in [9.17, 15) is 4.79 Å². The number of likely N-dealkylation sites (tertiary alicyclic amines) is 1. The molecule has 0 aromatic rings. The predicted molar refractivity (Wildman–Crippen MR) is 71.5 cm³/mol. The Kier molecular flexibility index (Phi) is 5.29. The van der Waals surface area contributed by atoms with Gasteiger partial charge in [0, 0.05) is 32.8 Å². The number of amides is 2. The van der Waals surface area contributed by atoms with E-state index in [0.717, 1.165) is 63.9 Å². The van der Waals surface area contributed by atoms with E-state index in [4.69, 9.17) is 4.74 Å². The first-order valence-electron chi connectivity index (χ1n) is 7.36. The molecule has 0 bridgehead atoms. The molecule has 1 heterocycles. The third-order valence-corrected chi connectivity index (χ3v) is 3.86. The van der Waals surface area contributed by atoms with Gasteiger partial charge in [-0.2, -0.15) is 0 Å². The van der Waals surface area contributed by atoms with E-state index in [2.05, 4.69) is 12.2 Å². The lowest BCUT2D eigenvalue weighted by atomic mass is 10.00. The molecule has 2 amide bonds. The van der Waals surface area contributed by atoms with E-state index >= 15 is 0 Å². The molecule has 0 aromatic carbocycles. The minimum atomic E-state index is 0.101. The van der Waals surface area contributed by atoms with E-state index < -0.39 is 0 Å².